The van der Waals surface area contributed by atoms with Gasteiger partial charge in [0, 0.05) is 29.6 Å². The maximum Gasteiger partial charge on any atom is 0.192 e. The first-order chi connectivity index (χ1) is 12.5. The van der Waals surface area contributed by atoms with Gasteiger partial charge in [-0.15, -0.1) is 0 Å². The van der Waals surface area contributed by atoms with Crippen molar-refractivity contribution < 1.29 is 0 Å². The highest BCUT2D eigenvalue weighted by molar-refractivity contribution is 6.35. The fourth-order valence-electron chi connectivity index (χ4n) is 2.96. The molecule has 1 atom stereocenters. The summed E-state index contributed by atoms with van der Waals surface area (Å²) in [5.41, 5.74) is 13.5. The summed E-state index contributed by atoms with van der Waals surface area (Å²) in [5, 5.41) is 2.29. The van der Waals surface area contributed by atoms with Gasteiger partial charge in [-0.1, -0.05) is 54.1 Å². The Morgan fingerprint density at radius 1 is 1.15 bits per heavy atom. The summed E-state index contributed by atoms with van der Waals surface area (Å²) in [6.45, 7) is 2.97. The molecule has 0 saturated heterocycles. The SMILES string of the molecule is CC(c1ccccc1)N(C)Cc1ccc2c(Cl)cnc(N=C(N)N)c2c1. The third-order valence-electron chi connectivity index (χ3n) is 4.49. The fraction of sp³-hybridized carbons (Fsp3) is 0.200. The first-order valence-corrected chi connectivity index (χ1v) is 8.75. The van der Waals surface area contributed by atoms with E-state index in [1.807, 2.05) is 18.2 Å². The second-order valence-corrected chi connectivity index (χ2v) is 6.76. The third kappa shape index (κ3) is 3.95. The zero-order chi connectivity index (χ0) is 18.7. The molecular weight excluding hydrogens is 346 g/mol. The van der Waals surface area contributed by atoms with Gasteiger partial charge >= 0.3 is 0 Å². The van der Waals surface area contributed by atoms with E-state index >= 15 is 0 Å². The summed E-state index contributed by atoms with van der Waals surface area (Å²) in [4.78, 5) is 10.7. The van der Waals surface area contributed by atoms with E-state index in [1.165, 1.54) is 5.56 Å². The van der Waals surface area contributed by atoms with Crippen molar-refractivity contribution in [2.75, 3.05) is 7.05 Å². The minimum atomic E-state index is -0.0265. The molecule has 0 bridgehead atoms. The lowest BCUT2D eigenvalue weighted by atomic mass is 10.0. The predicted octanol–water partition coefficient (Wildman–Crippen LogP) is 3.99. The minimum Gasteiger partial charge on any atom is -0.370 e. The Morgan fingerprint density at radius 3 is 2.58 bits per heavy atom. The fourth-order valence-corrected chi connectivity index (χ4v) is 3.18. The molecule has 1 heterocycles. The normalized spacial score (nSPS) is 12.3. The maximum atomic E-state index is 6.27. The van der Waals surface area contributed by atoms with E-state index < -0.39 is 0 Å². The Hall–Kier alpha value is -2.63. The molecule has 0 saturated carbocycles. The summed E-state index contributed by atoms with van der Waals surface area (Å²) < 4.78 is 0. The number of hydrogen-bond acceptors (Lipinski definition) is 3. The lowest BCUT2D eigenvalue weighted by Gasteiger charge is -2.25. The molecule has 134 valence electrons. The molecule has 0 spiro atoms. The van der Waals surface area contributed by atoms with Crippen molar-refractivity contribution in [3.8, 4) is 0 Å². The van der Waals surface area contributed by atoms with Gasteiger partial charge in [0.15, 0.2) is 11.8 Å². The number of fused-ring (bicyclic) bond motifs is 1. The van der Waals surface area contributed by atoms with Crippen LogP contribution >= 0.6 is 11.6 Å². The number of guanidine groups is 1. The molecule has 0 aliphatic rings. The summed E-state index contributed by atoms with van der Waals surface area (Å²) >= 11 is 6.27. The molecule has 3 aromatic rings. The molecule has 3 rings (SSSR count). The van der Waals surface area contributed by atoms with Crippen LogP contribution in [-0.2, 0) is 6.54 Å². The number of benzene rings is 2. The van der Waals surface area contributed by atoms with Gasteiger partial charge in [0.1, 0.15) is 0 Å². The van der Waals surface area contributed by atoms with E-state index in [9.17, 15) is 0 Å². The highest BCUT2D eigenvalue weighted by atomic mass is 35.5. The minimum absolute atomic E-state index is 0.0265. The Kier molecular flexibility index (Phi) is 5.40. The molecule has 0 aliphatic heterocycles. The van der Waals surface area contributed by atoms with Gasteiger partial charge in [0.25, 0.3) is 0 Å². The zero-order valence-corrected chi connectivity index (χ0v) is 15.6. The van der Waals surface area contributed by atoms with Crippen LogP contribution < -0.4 is 11.5 Å². The van der Waals surface area contributed by atoms with Gasteiger partial charge in [-0.2, -0.15) is 4.99 Å². The van der Waals surface area contributed by atoms with Crippen LogP contribution in [0.15, 0.2) is 59.7 Å². The smallest absolute Gasteiger partial charge is 0.192 e. The number of nitrogens with zero attached hydrogens (tertiary/aromatic N) is 3. The van der Waals surface area contributed by atoms with E-state index in [2.05, 4.69) is 59.2 Å². The van der Waals surface area contributed by atoms with Crippen molar-refractivity contribution in [3.05, 3.63) is 70.9 Å². The average Bonchev–Trinajstić information content (AvgIpc) is 2.64. The van der Waals surface area contributed by atoms with Crippen LogP contribution in [0.4, 0.5) is 5.82 Å². The molecular formula is C20H22ClN5. The summed E-state index contributed by atoms with van der Waals surface area (Å²) in [5.74, 6) is 0.450. The number of pyridine rings is 1. The Morgan fingerprint density at radius 2 is 1.88 bits per heavy atom. The molecule has 0 fully saturated rings. The summed E-state index contributed by atoms with van der Waals surface area (Å²) in [6.07, 6.45) is 1.56. The lowest BCUT2D eigenvalue weighted by molar-refractivity contribution is 0.253. The quantitative estimate of drug-likeness (QED) is 0.527. The van der Waals surface area contributed by atoms with Crippen molar-refractivity contribution >= 4 is 34.2 Å². The average molecular weight is 368 g/mol. The maximum absolute atomic E-state index is 6.27. The lowest BCUT2D eigenvalue weighted by Crippen LogP contribution is -2.22. The highest BCUT2D eigenvalue weighted by Crippen LogP contribution is 2.31. The van der Waals surface area contributed by atoms with E-state index in [1.54, 1.807) is 6.20 Å². The van der Waals surface area contributed by atoms with Crippen LogP contribution in [0.3, 0.4) is 0 Å². The molecule has 6 heteroatoms. The standard InChI is InChI=1S/C20H22ClN5/c1-13(15-6-4-3-5-7-15)26(2)12-14-8-9-16-17(10-14)19(25-20(22)23)24-11-18(16)21/h3-11,13H,12H2,1-2H3,(H4,22,23,24,25). The molecule has 4 N–H and O–H groups in total. The summed E-state index contributed by atoms with van der Waals surface area (Å²) in [6, 6.07) is 16.8. The number of nitrogens with two attached hydrogens (primary N) is 2. The summed E-state index contributed by atoms with van der Waals surface area (Å²) in [7, 11) is 2.11. The van der Waals surface area contributed by atoms with Crippen molar-refractivity contribution in [1.82, 2.24) is 9.88 Å². The van der Waals surface area contributed by atoms with Crippen LogP contribution in [0.1, 0.15) is 24.1 Å². The van der Waals surface area contributed by atoms with Crippen LogP contribution in [-0.4, -0.2) is 22.9 Å². The first kappa shape index (κ1) is 18.2. The van der Waals surface area contributed by atoms with Crippen molar-refractivity contribution in [2.24, 2.45) is 16.5 Å². The molecule has 5 nitrogen and oxygen atoms in total. The van der Waals surface area contributed by atoms with Crippen molar-refractivity contribution in [1.29, 1.82) is 0 Å². The van der Waals surface area contributed by atoms with Gasteiger partial charge in [0.2, 0.25) is 0 Å². The predicted molar refractivity (Wildman–Crippen MR) is 109 cm³/mol. The van der Waals surface area contributed by atoms with E-state index in [4.69, 9.17) is 23.1 Å². The number of hydrogen-bond donors (Lipinski definition) is 2. The van der Waals surface area contributed by atoms with Gasteiger partial charge in [0.05, 0.1) is 5.02 Å². The Labute approximate surface area is 158 Å². The number of halogens is 1. The molecule has 2 aromatic carbocycles. The number of aromatic nitrogens is 1. The number of aliphatic imine (C=N–C) groups is 1. The zero-order valence-electron chi connectivity index (χ0n) is 14.9. The van der Waals surface area contributed by atoms with Gasteiger partial charge < -0.3 is 11.5 Å². The molecule has 0 radical (unpaired) electrons. The van der Waals surface area contributed by atoms with Gasteiger partial charge in [-0.3, -0.25) is 4.90 Å². The van der Waals surface area contributed by atoms with E-state index in [0.29, 0.717) is 16.9 Å². The van der Waals surface area contributed by atoms with E-state index in [-0.39, 0.29) is 5.96 Å². The Bertz CT molecular complexity index is 936. The monoisotopic (exact) mass is 367 g/mol. The van der Waals surface area contributed by atoms with Crippen molar-refractivity contribution in [3.63, 3.8) is 0 Å². The molecule has 1 aromatic heterocycles. The van der Waals surface area contributed by atoms with Gasteiger partial charge in [-0.25, -0.2) is 4.98 Å². The van der Waals surface area contributed by atoms with Crippen LogP contribution in [0.5, 0.6) is 0 Å². The van der Waals surface area contributed by atoms with Crippen LogP contribution in [0.25, 0.3) is 10.8 Å². The van der Waals surface area contributed by atoms with E-state index in [0.717, 1.165) is 22.9 Å². The third-order valence-corrected chi connectivity index (χ3v) is 4.79. The second-order valence-electron chi connectivity index (χ2n) is 6.35. The topological polar surface area (TPSA) is 80.5 Å². The van der Waals surface area contributed by atoms with Crippen LogP contribution in [0, 0.1) is 0 Å². The molecule has 0 amide bonds. The largest absolute Gasteiger partial charge is 0.370 e. The first-order valence-electron chi connectivity index (χ1n) is 8.37. The Balaban J connectivity index is 1.92. The van der Waals surface area contributed by atoms with Crippen LogP contribution in [0.2, 0.25) is 5.02 Å². The molecule has 1 unspecified atom stereocenters. The second kappa shape index (κ2) is 7.72. The number of rotatable bonds is 5. The van der Waals surface area contributed by atoms with Crippen molar-refractivity contribution in [2.45, 2.75) is 19.5 Å². The highest BCUT2D eigenvalue weighted by Gasteiger charge is 2.13. The molecule has 26 heavy (non-hydrogen) atoms. The molecule has 0 aliphatic carbocycles. The van der Waals surface area contributed by atoms with Gasteiger partial charge in [-0.05, 0) is 31.2 Å².